The van der Waals surface area contributed by atoms with Gasteiger partial charge in [0.15, 0.2) is 0 Å². The minimum atomic E-state index is -4.79. The molecule has 1 rings (SSSR count). The topological polar surface area (TPSA) is 58.6 Å². The number of carbonyl (C=O) groups is 1. The number of hydrogen-bond acceptors (Lipinski definition) is 3. The number of rotatable bonds is 5. The van der Waals surface area contributed by atoms with Crippen molar-refractivity contribution in [1.82, 2.24) is 5.32 Å². The number of para-hydroxylation sites is 1. The minimum absolute atomic E-state index is 0.0733. The van der Waals surface area contributed by atoms with E-state index in [-0.39, 0.29) is 24.5 Å². The number of aliphatic hydroxyl groups is 1. The molecule has 1 amide bonds. The van der Waals surface area contributed by atoms with Crippen LogP contribution >= 0.6 is 0 Å². The lowest BCUT2D eigenvalue weighted by atomic mass is 10.2. The van der Waals surface area contributed by atoms with E-state index in [1.807, 2.05) is 0 Å². The highest BCUT2D eigenvalue weighted by atomic mass is 19.4. The molecule has 7 heteroatoms. The summed E-state index contributed by atoms with van der Waals surface area (Å²) in [6.07, 6.45) is -2.52. The SMILES string of the molecule is O=C(/C=C/c1ccccc1OC(F)(F)F)NCCO. The minimum Gasteiger partial charge on any atom is -0.405 e. The summed E-state index contributed by atoms with van der Waals surface area (Å²) in [6, 6.07) is 5.45. The average molecular weight is 275 g/mol. The van der Waals surface area contributed by atoms with Gasteiger partial charge in [0.05, 0.1) is 6.61 Å². The zero-order valence-electron chi connectivity index (χ0n) is 9.78. The molecule has 0 saturated carbocycles. The van der Waals surface area contributed by atoms with Crippen molar-refractivity contribution < 1.29 is 27.8 Å². The van der Waals surface area contributed by atoms with Crippen molar-refractivity contribution in [2.75, 3.05) is 13.2 Å². The molecule has 0 atom stereocenters. The van der Waals surface area contributed by atoms with E-state index in [4.69, 9.17) is 5.11 Å². The van der Waals surface area contributed by atoms with Crippen LogP contribution in [0.1, 0.15) is 5.56 Å². The molecule has 0 bridgehead atoms. The molecule has 0 saturated heterocycles. The fraction of sp³-hybridized carbons (Fsp3) is 0.250. The van der Waals surface area contributed by atoms with Crippen LogP contribution in [-0.2, 0) is 4.79 Å². The molecule has 0 aromatic heterocycles. The molecule has 0 heterocycles. The molecule has 1 aromatic rings. The van der Waals surface area contributed by atoms with E-state index in [9.17, 15) is 18.0 Å². The van der Waals surface area contributed by atoms with Crippen molar-refractivity contribution in [3.05, 3.63) is 35.9 Å². The number of alkyl halides is 3. The van der Waals surface area contributed by atoms with Crippen LogP contribution in [0.25, 0.3) is 6.08 Å². The maximum absolute atomic E-state index is 12.1. The number of aliphatic hydroxyl groups excluding tert-OH is 1. The first-order valence-corrected chi connectivity index (χ1v) is 5.34. The lowest BCUT2D eigenvalue weighted by Gasteiger charge is -2.10. The second kappa shape index (κ2) is 6.79. The Morgan fingerprint density at radius 1 is 1.37 bits per heavy atom. The van der Waals surface area contributed by atoms with E-state index in [1.165, 1.54) is 24.3 Å². The Bertz CT molecular complexity index is 458. The fourth-order valence-electron chi connectivity index (χ4n) is 1.24. The number of amides is 1. The molecule has 19 heavy (non-hydrogen) atoms. The number of hydrogen-bond donors (Lipinski definition) is 2. The van der Waals surface area contributed by atoms with Crippen molar-refractivity contribution in [2.45, 2.75) is 6.36 Å². The van der Waals surface area contributed by atoms with E-state index in [0.717, 1.165) is 12.1 Å². The lowest BCUT2D eigenvalue weighted by Crippen LogP contribution is -2.24. The maximum atomic E-state index is 12.1. The maximum Gasteiger partial charge on any atom is 0.573 e. The van der Waals surface area contributed by atoms with Gasteiger partial charge in [-0.1, -0.05) is 18.2 Å². The third-order valence-electron chi connectivity index (χ3n) is 1.97. The monoisotopic (exact) mass is 275 g/mol. The Balaban J connectivity index is 2.78. The van der Waals surface area contributed by atoms with Crippen LogP contribution in [-0.4, -0.2) is 30.5 Å². The molecule has 0 radical (unpaired) electrons. The summed E-state index contributed by atoms with van der Waals surface area (Å²) in [6.45, 7) is -0.142. The molecular weight excluding hydrogens is 263 g/mol. The van der Waals surface area contributed by atoms with Gasteiger partial charge in [-0.25, -0.2) is 0 Å². The first-order valence-electron chi connectivity index (χ1n) is 5.34. The van der Waals surface area contributed by atoms with Gasteiger partial charge in [0, 0.05) is 18.2 Å². The summed E-state index contributed by atoms with van der Waals surface area (Å²) < 4.78 is 40.2. The Hall–Kier alpha value is -2.02. The van der Waals surface area contributed by atoms with E-state index in [0.29, 0.717) is 0 Å². The smallest absolute Gasteiger partial charge is 0.405 e. The molecule has 0 aliphatic heterocycles. The van der Waals surface area contributed by atoms with Gasteiger partial charge in [-0.2, -0.15) is 0 Å². The molecule has 104 valence electrons. The molecule has 0 aliphatic rings. The van der Waals surface area contributed by atoms with Crippen molar-refractivity contribution in [1.29, 1.82) is 0 Å². The second-order valence-electron chi connectivity index (χ2n) is 3.43. The summed E-state index contributed by atoms with van der Waals surface area (Å²) in [5, 5.41) is 10.8. The van der Waals surface area contributed by atoms with Gasteiger partial charge in [0.1, 0.15) is 5.75 Å². The van der Waals surface area contributed by atoms with Crippen molar-refractivity contribution in [2.24, 2.45) is 0 Å². The molecule has 1 aromatic carbocycles. The zero-order valence-corrected chi connectivity index (χ0v) is 9.78. The van der Waals surface area contributed by atoms with Gasteiger partial charge in [-0.15, -0.1) is 13.2 Å². The van der Waals surface area contributed by atoms with Gasteiger partial charge in [-0.05, 0) is 12.1 Å². The van der Waals surface area contributed by atoms with E-state index >= 15 is 0 Å². The predicted octanol–water partition coefficient (Wildman–Crippen LogP) is 1.71. The van der Waals surface area contributed by atoms with Crippen LogP contribution in [0.3, 0.4) is 0 Å². The average Bonchev–Trinajstić information content (AvgIpc) is 2.33. The lowest BCUT2D eigenvalue weighted by molar-refractivity contribution is -0.274. The Kier molecular flexibility index (Phi) is 5.37. The van der Waals surface area contributed by atoms with E-state index in [1.54, 1.807) is 0 Å². The molecule has 0 fully saturated rings. The largest absolute Gasteiger partial charge is 0.573 e. The highest BCUT2D eigenvalue weighted by Gasteiger charge is 2.31. The van der Waals surface area contributed by atoms with Crippen LogP contribution in [0.15, 0.2) is 30.3 Å². The van der Waals surface area contributed by atoms with Crippen LogP contribution in [0, 0.1) is 0 Å². The van der Waals surface area contributed by atoms with E-state index in [2.05, 4.69) is 10.1 Å². The van der Waals surface area contributed by atoms with E-state index < -0.39 is 12.3 Å². The number of nitrogens with one attached hydrogen (secondary N) is 1. The van der Waals surface area contributed by atoms with Crippen LogP contribution < -0.4 is 10.1 Å². The first kappa shape index (κ1) is 15.0. The number of benzene rings is 1. The van der Waals surface area contributed by atoms with Crippen LogP contribution in [0.2, 0.25) is 0 Å². The first-order chi connectivity index (χ1) is 8.92. The normalized spacial score (nSPS) is 11.6. The molecule has 0 spiro atoms. The summed E-state index contributed by atoms with van der Waals surface area (Å²) in [4.78, 5) is 11.2. The summed E-state index contributed by atoms with van der Waals surface area (Å²) >= 11 is 0. The third kappa shape index (κ3) is 5.91. The summed E-state index contributed by atoms with van der Waals surface area (Å²) in [7, 11) is 0. The van der Waals surface area contributed by atoms with Crippen LogP contribution in [0.4, 0.5) is 13.2 Å². The quantitative estimate of drug-likeness (QED) is 0.804. The Morgan fingerprint density at radius 2 is 2.05 bits per heavy atom. The molecule has 4 nitrogen and oxygen atoms in total. The number of halogens is 3. The fourth-order valence-corrected chi connectivity index (χ4v) is 1.24. The van der Waals surface area contributed by atoms with Gasteiger partial charge in [-0.3, -0.25) is 4.79 Å². The summed E-state index contributed by atoms with van der Waals surface area (Å²) in [5.41, 5.74) is 0.124. The highest BCUT2D eigenvalue weighted by Crippen LogP contribution is 2.26. The predicted molar refractivity (Wildman–Crippen MR) is 62.3 cm³/mol. The molecule has 2 N–H and O–H groups in total. The van der Waals surface area contributed by atoms with Crippen molar-refractivity contribution in [3.63, 3.8) is 0 Å². The molecule has 0 unspecified atom stereocenters. The summed E-state index contributed by atoms with van der Waals surface area (Å²) in [5.74, 6) is -0.905. The van der Waals surface area contributed by atoms with Gasteiger partial charge < -0.3 is 15.2 Å². The Labute approximate surface area is 107 Å². The van der Waals surface area contributed by atoms with Gasteiger partial charge in [0.25, 0.3) is 0 Å². The van der Waals surface area contributed by atoms with Crippen molar-refractivity contribution in [3.8, 4) is 5.75 Å². The van der Waals surface area contributed by atoms with Gasteiger partial charge >= 0.3 is 6.36 Å². The van der Waals surface area contributed by atoms with Crippen LogP contribution in [0.5, 0.6) is 5.75 Å². The Morgan fingerprint density at radius 3 is 2.68 bits per heavy atom. The molecule has 0 aliphatic carbocycles. The van der Waals surface area contributed by atoms with Crippen molar-refractivity contribution >= 4 is 12.0 Å². The molecular formula is C12H12F3NO3. The standard InChI is InChI=1S/C12H12F3NO3/c13-12(14,15)19-10-4-2-1-3-9(10)5-6-11(18)16-7-8-17/h1-6,17H,7-8H2,(H,16,18)/b6-5+. The highest BCUT2D eigenvalue weighted by molar-refractivity contribution is 5.92. The third-order valence-corrected chi connectivity index (χ3v) is 1.97. The zero-order chi connectivity index (χ0) is 14.3. The number of ether oxygens (including phenoxy) is 1. The second-order valence-corrected chi connectivity index (χ2v) is 3.43. The number of carbonyl (C=O) groups excluding carboxylic acids is 1. The van der Waals surface area contributed by atoms with Gasteiger partial charge in [0.2, 0.25) is 5.91 Å².